The number of halogens is 1. The Morgan fingerprint density at radius 2 is 1.75 bits per heavy atom. The summed E-state index contributed by atoms with van der Waals surface area (Å²) in [7, 11) is 0. The van der Waals surface area contributed by atoms with Crippen molar-refractivity contribution in [3.8, 4) is 0 Å². The number of hydrogen-bond donors (Lipinski definition) is 1. The molecule has 0 amide bonds. The molecule has 1 aromatic rings. The Morgan fingerprint density at radius 1 is 1.25 bits per heavy atom. The maximum atomic E-state index is 11.3. The van der Waals surface area contributed by atoms with Crippen LogP contribution in [0.15, 0.2) is 24.3 Å². The summed E-state index contributed by atoms with van der Waals surface area (Å²) in [5, 5.41) is 9.03. The summed E-state index contributed by atoms with van der Waals surface area (Å²) >= 11 is 5.42. The third-order valence-corrected chi connectivity index (χ3v) is 2.83. The molecule has 0 atom stereocenters. The molecule has 3 nitrogen and oxygen atoms in total. The second-order valence-corrected chi connectivity index (χ2v) is 4.33. The van der Waals surface area contributed by atoms with Crippen LogP contribution in [-0.4, -0.2) is 22.7 Å². The second-order valence-electron chi connectivity index (χ2n) is 4.06. The Bertz CT molecular complexity index is 407. The minimum atomic E-state index is -0.956. The van der Waals surface area contributed by atoms with Gasteiger partial charge in [-0.2, -0.15) is 0 Å². The fourth-order valence-electron chi connectivity index (χ4n) is 1.27. The van der Waals surface area contributed by atoms with E-state index in [1.807, 2.05) is 0 Å². The van der Waals surface area contributed by atoms with Gasteiger partial charge in [-0.15, -0.1) is 11.6 Å². The van der Waals surface area contributed by atoms with Crippen LogP contribution in [-0.2, 0) is 10.2 Å². The van der Waals surface area contributed by atoms with Crippen LogP contribution < -0.4 is 0 Å². The zero-order valence-electron chi connectivity index (χ0n) is 9.16. The number of carboxylic acids is 1. The zero-order valence-corrected chi connectivity index (χ0v) is 9.91. The number of carbonyl (C=O) groups excluding carboxylic acids is 1. The van der Waals surface area contributed by atoms with E-state index in [2.05, 4.69) is 0 Å². The Hall–Kier alpha value is -1.35. The van der Waals surface area contributed by atoms with E-state index < -0.39 is 11.4 Å². The number of ketones is 1. The lowest BCUT2D eigenvalue weighted by atomic mass is 9.84. The molecule has 0 aliphatic carbocycles. The molecule has 0 aliphatic heterocycles. The van der Waals surface area contributed by atoms with E-state index in [-0.39, 0.29) is 11.7 Å². The first-order chi connectivity index (χ1) is 7.39. The van der Waals surface area contributed by atoms with Gasteiger partial charge in [0.25, 0.3) is 0 Å². The van der Waals surface area contributed by atoms with Gasteiger partial charge >= 0.3 is 5.97 Å². The van der Waals surface area contributed by atoms with Crippen molar-refractivity contribution in [1.82, 2.24) is 0 Å². The van der Waals surface area contributed by atoms with Crippen molar-refractivity contribution in [2.45, 2.75) is 19.3 Å². The lowest BCUT2D eigenvalue weighted by Crippen LogP contribution is -2.28. The molecule has 86 valence electrons. The molecule has 0 heterocycles. The second kappa shape index (κ2) is 4.66. The first kappa shape index (κ1) is 12.7. The largest absolute Gasteiger partial charge is 0.481 e. The highest BCUT2D eigenvalue weighted by atomic mass is 35.5. The quantitative estimate of drug-likeness (QED) is 0.650. The van der Waals surface area contributed by atoms with E-state index in [1.165, 1.54) is 0 Å². The van der Waals surface area contributed by atoms with Crippen molar-refractivity contribution in [2.24, 2.45) is 0 Å². The summed E-state index contributed by atoms with van der Waals surface area (Å²) in [4.78, 5) is 22.3. The number of carboxylic acid groups (broad SMARTS) is 1. The smallest absolute Gasteiger partial charge is 0.313 e. The van der Waals surface area contributed by atoms with Crippen LogP contribution in [0, 0.1) is 0 Å². The number of rotatable bonds is 4. The molecule has 1 N–H and O–H groups in total. The molecule has 4 heteroatoms. The van der Waals surface area contributed by atoms with E-state index in [0.29, 0.717) is 11.1 Å². The molecule has 0 saturated heterocycles. The van der Waals surface area contributed by atoms with E-state index in [4.69, 9.17) is 16.7 Å². The molecule has 0 aromatic heterocycles. The monoisotopic (exact) mass is 240 g/mol. The molecule has 0 radical (unpaired) electrons. The number of hydrogen-bond acceptors (Lipinski definition) is 2. The molecule has 0 aliphatic rings. The number of benzene rings is 1. The molecule has 0 bridgehead atoms. The van der Waals surface area contributed by atoms with Gasteiger partial charge in [-0.3, -0.25) is 9.59 Å². The Morgan fingerprint density at radius 3 is 2.12 bits per heavy atom. The number of aliphatic carboxylic acids is 1. The molecule has 0 spiro atoms. The van der Waals surface area contributed by atoms with Gasteiger partial charge in [0.1, 0.15) is 0 Å². The lowest BCUT2D eigenvalue weighted by Gasteiger charge is -2.19. The fraction of sp³-hybridized carbons (Fsp3) is 0.333. The topological polar surface area (TPSA) is 54.4 Å². The Balaban J connectivity index is 3.04. The minimum absolute atomic E-state index is 0.0678. The summed E-state index contributed by atoms with van der Waals surface area (Å²) in [6, 6.07) is 6.50. The summed E-state index contributed by atoms with van der Waals surface area (Å²) in [5.41, 5.74) is 0.203. The van der Waals surface area contributed by atoms with Gasteiger partial charge in [0.05, 0.1) is 11.3 Å². The van der Waals surface area contributed by atoms with Gasteiger partial charge in [0, 0.05) is 5.56 Å². The van der Waals surface area contributed by atoms with Gasteiger partial charge in [0.15, 0.2) is 5.78 Å². The third-order valence-electron chi connectivity index (χ3n) is 2.58. The molecular formula is C12H13ClO3. The van der Waals surface area contributed by atoms with E-state index in [0.717, 1.165) is 0 Å². The summed E-state index contributed by atoms with van der Waals surface area (Å²) in [6.07, 6.45) is 0. The van der Waals surface area contributed by atoms with E-state index >= 15 is 0 Å². The summed E-state index contributed by atoms with van der Waals surface area (Å²) in [5.74, 6) is -1.13. The molecule has 1 aromatic carbocycles. The van der Waals surface area contributed by atoms with Crippen LogP contribution in [0.4, 0.5) is 0 Å². The molecule has 0 unspecified atom stereocenters. The molecule has 0 fully saturated rings. The highest BCUT2D eigenvalue weighted by molar-refractivity contribution is 6.30. The lowest BCUT2D eigenvalue weighted by molar-refractivity contribution is -0.142. The number of carbonyl (C=O) groups is 2. The van der Waals surface area contributed by atoms with Gasteiger partial charge in [-0.25, -0.2) is 0 Å². The van der Waals surface area contributed by atoms with Gasteiger partial charge in [0.2, 0.25) is 0 Å². The van der Waals surface area contributed by atoms with Crippen molar-refractivity contribution < 1.29 is 14.7 Å². The molecule has 0 saturated carbocycles. The van der Waals surface area contributed by atoms with Crippen LogP contribution in [0.3, 0.4) is 0 Å². The minimum Gasteiger partial charge on any atom is -0.481 e. The van der Waals surface area contributed by atoms with Crippen LogP contribution in [0.5, 0.6) is 0 Å². The molecular weight excluding hydrogens is 228 g/mol. The van der Waals surface area contributed by atoms with Crippen molar-refractivity contribution >= 4 is 23.4 Å². The van der Waals surface area contributed by atoms with Crippen LogP contribution in [0.25, 0.3) is 0 Å². The predicted octanol–water partition coefficient (Wildman–Crippen LogP) is 2.47. The van der Waals surface area contributed by atoms with E-state index in [1.54, 1.807) is 38.1 Å². The van der Waals surface area contributed by atoms with Crippen molar-refractivity contribution in [3.63, 3.8) is 0 Å². The van der Waals surface area contributed by atoms with Crippen molar-refractivity contribution in [3.05, 3.63) is 35.4 Å². The van der Waals surface area contributed by atoms with Gasteiger partial charge in [-0.05, 0) is 19.4 Å². The van der Waals surface area contributed by atoms with Gasteiger partial charge < -0.3 is 5.11 Å². The Labute approximate surface area is 99.0 Å². The predicted molar refractivity (Wildman–Crippen MR) is 62.2 cm³/mol. The summed E-state index contributed by atoms with van der Waals surface area (Å²) in [6.45, 7) is 3.24. The average molecular weight is 241 g/mol. The maximum absolute atomic E-state index is 11.3. The highest BCUT2D eigenvalue weighted by Crippen LogP contribution is 2.23. The summed E-state index contributed by atoms with van der Waals surface area (Å²) < 4.78 is 0. The zero-order chi connectivity index (χ0) is 12.3. The fourth-order valence-corrected chi connectivity index (χ4v) is 1.43. The molecule has 1 rings (SSSR count). The normalized spacial score (nSPS) is 11.2. The third kappa shape index (κ3) is 2.42. The van der Waals surface area contributed by atoms with E-state index in [9.17, 15) is 9.59 Å². The van der Waals surface area contributed by atoms with Crippen LogP contribution >= 0.6 is 11.6 Å². The van der Waals surface area contributed by atoms with Gasteiger partial charge in [-0.1, -0.05) is 24.3 Å². The van der Waals surface area contributed by atoms with Crippen molar-refractivity contribution in [2.75, 3.05) is 5.88 Å². The molecule has 16 heavy (non-hydrogen) atoms. The average Bonchev–Trinajstić information content (AvgIpc) is 2.28. The SMILES string of the molecule is CC(C)(C(=O)O)c1ccc(C(=O)CCl)cc1. The number of Topliss-reactive ketones (excluding diaryl/α,β-unsaturated/α-hetero) is 1. The van der Waals surface area contributed by atoms with Crippen LogP contribution in [0.1, 0.15) is 29.8 Å². The first-order valence-electron chi connectivity index (χ1n) is 4.82. The highest BCUT2D eigenvalue weighted by Gasteiger charge is 2.29. The first-order valence-corrected chi connectivity index (χ1v) is 5.36. The van der Waals surface area contributed by atoms with Crippen molar-refractivity contribution in [1.29, 1.82) is 0 Å². The Kier molecular flexibility index (Phi) is 3.70. The standard InChI is InChI=1S/C12H13ClO3/c1-12(2,11(15)16)9-5-3-8(4-6-9)10(14)7-13/h3-6H,7H2,1-2H3,(H,15,16). The van der Waals surface area contributed by atoms with Crippen LogP contribution in [0.2, 0.25) is 0 Å². The maximum Gasteiger partial charge on any atom is 0.313 e. The number of alkyl halides is 1.